The lowest BCUT2D eigenvalue weighted by atomic mass is 10.1. The molecular weight excluding hydrogens is 559 g/mol. The summed E-state index contributed by atoms with van der Waals surface area (Å²) in [4.78, 5) is 9.70. The fourth-order valence-corrected chi connectivity index (χ4v) is 5.62. The van der Waals surface area contributed by atoms with Crippen LogP contribution in [-0.2, 0) is 0 Å². The summed E-state index contributed by atoms with van der Waals surface area (Å²) in [5.74, 6) is 1.36. The van der Waals surface area contributed by atoms with Crippen molar-refractivity contribution < 1.29 is 23.2 Å². The highest BCUT2D eigenvalue weighted by Crippen LogP contribution is 2.51. The molecule has 10 heteroatoms. The van der Waals surface area contributed by atoms with Gasteiger partial charge in [0.1, 0.15) is 11.4 Å². The zero-order chi connectivity index (χ0) is 30.1. The number of hydrogen-bond donors (Lipinski definition) is 3. The lowest BCUT2D eigenvalue weighted by molar-refractivity contribution is -0.432. The van der Waals surface area contributed by atoms with Crippen LogP contribution < -0.4 is 15.4 Å². The van der Waals surface area contributed by atoms with Gasteiger partial charge < -0.3 is 10.1 Å². The molecule has 4 unspecified atom stereocenters. The van der Waals surface area contributed by atoms with Gasteiger partial charge >= 0.3 is 6.36 Å². The fraction of sp³-hybridized carbons (Fsp3) is 0.312. The number of aliphatic imine (C=N–C) groups is 2. The van der Waals surface area contributed by atoms with Crippen LogP contribution >= 0.6 is 12.2 Å². The van der Waals surface area contributed by atoms with Crippen LogP contribution in [0.25, 0.3) is 0 Å². The molecule has 0 aliphatic heterocycles. The van der Waals surface area contributed by atoms with Gasteiger partial charge in [0.15, 0.2) is 12.2 Å². The van der Waals surface area contributed by atoms with Crippen molar-refractivity contribution in [3.8, 4) is 5.75 Å². The molecule has 42 heavy (non-hydrogen) atoms. The van der Waals surface area contributed by atoms with Gasteiger partial charge in [0, 0.05) is 42.4 Å². The van der Waals surface area contributed by atoms with Crippen LogP contribution in [0.2, 0.25) is 0 Å². The number of ether oxygens (including phenoxy) is 1. The number of nitrogens with zero attached hydrogens (tertiary/aromatic N) is 2. The van der Waals surface area contributed by atoms with E-state index in [-0.39, 0.29) is 17.6 Å². The topological polar surface area (TPSA) is 86.4 Å². The van der Waals surface area contributed by atoms with Crippen molar-refractivity contribution in [2.45, 2.75) is 39.1 Å². The van der Waals surface area contributed by atoms with Gasteiger partial charge in [-0.1, -0.05) is 80.2 Å². The van der Waals surface area contributed by atoms with E-state index in [9.17, 15) is 13.2 Å². The first kappa shape index (κ1) is 31.1. The molecule has 0 aromatic heterocycles. The smallest absolute Gasteiger partial charge is 0.406 e. The standard InChI is InChI=1S/C32H34F3N5OS/c1-3-27-28(29(27)31(42)40-21(2)23-7-5-4-6-8-23)17-18-37-19-22-9-11-24(12-10-22)30(36)39-20-38-25-13-15-26(16-14-25)41-32(33,34)35/h4-16,19-21,27-29H,3,17-18H2,1-2H3,(H,40,42)(H2,36,38,39)/p+1. The van der Waals surface area contributed by atoms with Gasteiger partial charge in [0.2, 0.25) is 0 Å². The molecule has 0 bridgehead atoms. The van der Waals surface area contributed by atoms with Crippen molar-refractivity contribution >= 4 is 41.3 Å². The molecule has 4 N–H and O–H groups in total. The number of hydrogen-bond acceptors (Lipinski definition) is 4. The summed E-state index contributed by atoms with van der Waals surface area (Å²) in [6, 6.07) is 23.3. The first-order valence-electron chi connectivity index (χ1n) is 13.9. The molecule has 1 aliphatic rings. The highest BCUT2D eigenvalue weighted by atomic mass is 32.1. The number of amidine groups is 1. The van der Waals surface area contributed by atoms with Crippen molar-refractivity contribution in [2.24, 2.45) is 27.7 Å². The minimum Gasteiger partial charge on any atom is -0.406 e. The van der Waals surface area contributed by atoms with E-state index in [1.807, 2.05) is 48.7 Å². The molecule has 0 radical (unpaired) electrons. The average Bonchev–Trinajstić information content (AvgIpc) is 3.69. The Morgan fingerprint density at radius 2 is 1.74 bits per heavy atom. The van der Waals surface area contributed by atoms with Gasteiger partial charge in [-0.15, -0.1) is 13.2 Å². The van der Waals surface area contributed by atoms with Crippen LogP contribution in [-0.4, -0.2) is 36.3 Å². The van der Waals surface area contributed by atoms with Gasteiger partial charge in [-0.3, -0.25) is 15.7 Å². The molecule has 4 atom stereocenters. The number of quaternary nitrogens is 1. The molecular formula is C32H35F3N5OS+. The predicted molar refractivity (Wildman–Crippen MR) is 165 cm³/mol. The maximum atomic E-state index is 12.3. The lowest BCUT2D eigenvalue weighted by Crippen LogP contribution is -2.76. The van der Waals surface area contributed by atoms with E-state index in [0.717, 1.165) is 29.9 Å². The molecule has 0 saturated heterocycles. The molecule has 0 heterocycles. The zero-order valence-corrected chi connectivity index (χ0v) is 24.3. The zero-order valence-electron chi connectivity index (χ0n) is 23.5. The summed E-state index contributed by atoms with van der Waals surface area (Å²) in [6.07, 6.45) is 0.666. The third-order valence-corrected chi connectivity index (χ3v) is 7.75. The highest BCUT2D eigenvalue weighted by molar-refractivity contribution is 7.80. The molecule has 0 spiro atoms. The van der Waals surface area contributed by atoms with Crippen molar-refractivity contribution in [2.75, 3.05) is 6.54 Å². The van der Waals surface area contributed by atoms with Crippen LogP contribution in [0.4, 0.5) is 18.9 Å². The average molecular weight is 595 g/mol. The van der Waals surface area contributed by atoms with Crippen molar-refractivity contribution in [1.82, 2.24) is 5.32 Å². The summed E-state index contributed by atoms with van der Waals surface area (Å²) in [5.41, 5.74) is 3.45. The van der Waals surface area contributed by atoms with Gasteiger partial charge in [0.05, 0.1) is 4.99 Å². The van der Waals surface area contributed by atoms with E-state index in [1.54, 1.807) is 5.32 Å². The third-order valence-electron chi connectivity index (χ3n) is 7.36. The molecule has 6 nitrogen and oxygen atoms in total. The summed E-state index contributed by atoms with van der Waals surface area (Å²) >= 11 is 5.78. The first-order valence-corrected chi connectivity index (χ1v) is 14.3. The second kappa shape index (κ2) is 14.3. The van der Waals surface area contributed by atoms with Gasteiger partial charge in [-0.25, -0.2) is 0 Å². The molecule has 1 aliphatic carbocycles. The van der Waals surface area contributed by atoms with E-state index in [4.69, 9.17) is 17.6 Å². The number of nitrogens with one attached hydrogen (secondary N) is 2. The Morgan fingerprint density at radius 1 is 1.05 bits per heavy atom. The molecule has 1 fully saturated rings. The SMILES string of the molecule is CCC1C(CCN=Cc2ccc(C(=N)N=C[NH2+]c3ccc(OC(F)(F)F)cc3)cc2)C1C(=S)NC(C)c1ccccc1. The number of halogens is 3. The fourth-order valence-electron chi connectivity index (χ4n) is 5.09. The molecule has 0 amide bonds. The van der Waals surface area contributed by atoms with E-state index < -0.39 is 6.36 Å². The molecule has 220 valence electrons. The minimum absolute atomic E-state index is 0.0725. The lowest BCUT2D eigenvalue weighted by Gasteiger charge is -2.16. The van der Waals surface area contributed by atoms with Crippen LogP contribution in [0.5, 0.6) is 5.75 Å². The first-order chi connectivity index (χ1) is 20.1. The Bertz CT molecular complexity index is 1390. The van der Waals surface area contributed by atoms with Crippen LogP contribution in [0.3, 0.4) is 0 Å². The number of alkyl halides is 3. The highest BCUT2D eigenvalue weighted by Gasteiger charge is 2.50. The Morgan fingerprint density at radius 3 is 2.38 bits per heavy atom. The second-order valence-electron chi connectivity index (χ2n) is 10.3. The van der Waals surface area contributed by atoms with Gasteiger partial charge in [0.25, 0.3) is 0 Å². The number of rotatable bonds is 12. The van der Waals surface area contributed by atoms with E-state index >= 15 is 0 Å². The van der Waals surface area contributed by atoms with Crippen molar-refractivity contribution in [3.63, 3.8) is 0 Å². The molecule has 3 aromatic rings. The number of thiocarbonyl (C=S) groups is 1. The maximum Gasteiger partial charge on any atom is 0.573 e. The Balaban J connectivity index is 1.20. The van der Waals surface area contributed by atoms with Crippen molar-refractivity contribution in [3.05, 3.63) is 95.6 Å². The Labute approximate surface area is 249 Å². The summed E-state index contributed by atoms with van der Waals surface area (Å²) in [6.45, 7) is 5.10. The van der Waals surface area contributed by atoms with Crippen LogP contribution in [0.15, 0.2) is 88.8 Å². The Hall–Kier alpha value is -3.89. The normalized spacial score (nSPS) is 19.1. The van der Waals surface area contributed by atoms with Crippen LogP contribution in [0.1, 0.15) is 49.4 Å². The summed E-state index contributed by atoms with van der Waals surface area (Å²) < 4.78 is 40.7. The van der Waals surface area contributed by atoms with Crippen molar-refractivity contribution in [1.29, 1.82) is 5.41 Å². The molecule has 4 rings (SSSR count). The van der Waals surface area contributed by atoms with Crippen LogP contribution in [0, 0.1) is 23.2 Å². The third kappa shape index (κ3) is 9.06. The molecule has 1 saturated carbocycles. The summed E-state index contributed by atoms with van der Waals surface area (Å²) in [5, 5.41) is 13.3. The van der Waals surface area contributed by atoms with Gasteiger partial charge in [-0.05, 0) is 48.4 Å². The molecule has 3 aromatic carbocycles. The van der Waals surface area contributed by atoms with E-state index in [1.165, 1.54) is 36.2 Å². The second-order valence-corrected chi connectivity index (χ2v) is 10.7. The minimum atomic E-state index is -4.73. The maximum absolute atomic E-state index is 12.3. The van der Waals surface area contributed by atoms with E-state index in [0.29, 0.717) is 29.0 Å². The monoisotopic (exact) mass is 594 g/mol. The summed E-state index contributed by atoms with van der Waals surface area (Å²) in [7, 11) is 0. The largest absolute Gasteiger partial charge is 0.573 e. The van der Waals surface area contributed by atoms with Gasteiger partial charge in [-0.2, -0.15) is 4.99 Å². The Kier molecular flexibility index (Phi) is 10.6. The number of nitrogens with two attached hydrogens (primary N) is 1. The predicted octanol–water partition coefficient (Wildman–Crippen LogP) is 6.59. The van der Waals surface area contributed by atoms with E-state index in [2.05, 4.69) is 46.0 Å². The number of benzene rings is 3. The quantitative estimate of drug-likeness (QED) is 0.0957.